The minimum atomic E-state index is -0.244. The zero-order chi connectivity index (χ0) is 20.4. The first-order valence-electron chi connectivity index (χ1n) is 9.47. The van der Waals surface area contributed by atoms with Crippen molar-refractivity contribution in [2.24, 2.45) is 5.16 Å². The van der Waals surface area contributed by atoms with E-state index in [4.69, 9.17) is 16.3 Å². The van der Waals surface area contributed by atoms with E-state index in [2.05, 4.69) is 16.5 Å². The first-order chi connectivity index (χ1) is 14.1. The molecular weight excluding hydrogens is 386 g/mol. The molecule has 148 valence electrons. The Morgan fingerprint density at radius 3 is 2.66 bits per heavy atom. The second-order valence-corrected chi connectivity index (χ2v) is 8.18. The molecule has 0 radical (unpaired) electrons. The maximum absolute atomic E-state index is 13.1. The fourth-order valence-corrected chi connectivity index (χ4v) is 4.68. The molecule has 1 aliphatic heterocycles. The molecule has 2 aromatic rings. The Balaban J connectivity index is 1.62. The van der Waals surface area contributed by atoms with Crippen molar-refractivity contribution in [1.82, 2.24) is 0 Å². The summed E-state index contributed by atoms with van der Waals surface area (Å²) in [7, 11) is 0. The third-order valence-corrected chi connectivity index (χ3v) is 6.28. The number of Topliss-reactive ketones (excluding diaryl/α,β-unsaturated/α-hetero) is 1. The van der Waals surface area contributed by atoms with E-state index in [9.17, 15) is 10.1 Å². The molecule has 0 bridgehead atoms. The van der Waals surface area contributed by atoms with Gasteiger partial charge < -0.3 is 21.6 Å². The molecule has 4 rings (SSSR count). The molecule has 0 atom stereocenters. The lowest BCUT2D eigenvalue weighted by Gasteiger charge is -2.13. The van der Waals surface area contributed by atoms with Gasteiger partial charge in [-0.05, 0) is 31.1 Å². The van der Waals surface area contributed by atoms with Crippen LogP contribution in [0.2, 0.25) is 0 Å². The SMILES string of the molecule is N#Cc1c(NC2CCCC2)sc(C(=O)C2=CC(c3ccc(N)cc3)=NOC2)c1N. The molecule has 0 spiro atoms. The zero-order valence-electron chi connectivity index (χ0n) is 15.8. The van der Waals surface area contributed by atoms with Crippen molar-refractivity contribution in [2.75, 3.05) is 23.4 Å². The van der Waals surface area contributed by atoms with Crippen LogP contribution in [0, 0.1) is 11.3 Å². The van der Waals surface area contributed by atoms with Crippen molar-refractivity contribution < 1.29 is 9.63 Å². The van der Waals surface area contributed by atoms with E-state index < -0.39 is 0 Å². The standard InChI is InChI=1S/C21H21N5O2S/c22-10-16-18(24)20(29-21(16)25-15-3-1-2-4-15)19(27)13-9-17(26-28-11-13)12-5-7-14(23)8-6-12/h5-9,15,25H,1-4,11,23-24H2. The molecule has 1 aromatic heterocycles. The molecule has 8 heteroatoms. The predicted octanol–water partition coefficient (Wildman–Crippen LogP) is 3.68. The minimum Gasteiger partial charge on any atom is -0.399 e. The highest BCUT2D eigenvalue weighted by Crippen LogP contribution is 2.38. The number of carbonyl (C=O) groups excluding carboxylic acids is 1. The van der Waals surface area contributed by atoms with Gasteiger partial charge in [0.1, 0.15) is 33.8 Å². The number of nitrogens with two attached hydrogens (primary N) is 2. The Morgan fingerprint density at radius 1 is 1.24 bits per heavy atom. The van der Waals surface area contributed by atoms with Crippen LogP contribution in [-0.4, -0.2) is 24.1 Å². The third kappa shape index (κ3) is 3.82. The average molecular weight is 407 g/mol. The van der Waals surface area contributed by atoms with Gasteiger partial charge in [-0.25, -0.2) is 0 Å². The van der Waals surface area contributed by atoms with Crippen molar-refractivity contribution in [3.05, 3.63) is 51.9 Å². The number of allylic oxidation sites excluding steroid dienone is 1. The largest absolute Gasteiger partial charge is 0.399 e. The number of nitrogen functional groups attached to an aromatic ring is 2. The van der Waals surface area contributed by atoms with E-state index in [1.807, 2.05) is 12.1 Å². The molecule has 1 saturated carbocycles. The van der Waals surface area contributed by atoms with Gasteiger partial charge in [-0.2, -0.15) is 5.26 Å². The molecule has 2 heterocycles. The molecule has 2 aliphatic rings. The van der Waals surface area contributed by atoms with Crippen molar-refractivity contribution in [3.8, 4) is 6.07 Å². The molecule has 1 fully saturated rings. The number of hydrogen-bond donors (Lipinski definition) is 3. The Hall–Kier alpha value is -3.31. The van der Waals surface area contributed by atoms with E-state index >= 15 is 0 Å². The van der Waals surface area contributed by atoms with E-state index in [1.54, 1.807) is 18.2 Å². The summed E-state index contributed by atoms with van der Waals surface area (Å²) in [6, 6.07) is 9.63. The van der Waals surface area contributed by atoms with Gasteiger partial charge in [-0.15, -0.1) is 11.3 Å². The first kappa shape index (κ1) is 19.0. The lowest BCUT2D eigenvalue weighted by atomic mass is 10.0. The molecule has 1 aromatic carbocycles. The van der Waals surface area contributed by atoms with Gasteiger partial charge in [-0.1, -0.05) is 30.1 Å². The highest BCUT2D eigenvalue weighted by Gasteiger charge is 2.27. The molecule has 7 nitrogen and oxygen atoms in total. The molecule has 0 amide bonds. The quantitative estimate of drug-likeness (QED) is 0.512. The van der Waals surface area contributed by atoms with Crippen molar-refractivity contribution in [1.29, 1.82) is 5.26 Å². The number of nitriles is 1. The Kier molecular flexibility index (Phi) is 5.23. The Bertz CT molecular complexity index is 1040. The van der Waals surface area contributed by atoms with Gasteiger partial charge in [-0.3, -0.25) is 4.79 Å². The molecule has 1 aliphatic carbocycles. The monoisotopic (exact) mass is 407 g/mol. The van der Waals surface area contributed by atoms with E-state index in [0.717, 1.165) is 18.4 Å². The second-order valence-electron chi connectivity index (χ2n) is 7.16. The van der Waals surface area contributed by atoms with Gasteiger partial charge in [0.2, 0.25) is 5.78 Å². The average Bonchev–Trinajstić information content (AvgIpc) is 3.36. The van der Waals surface area contributed by atoms with Crippen LogP contribution in [0.15, 0.2) is 41.1 Å². The number of oxime groups is 1. The summed E-state index contributed by atoms with van der Waals surface area (Å²) in [5, 5.41) is 17.7. The molecular formula is C21H21N5O2S. The fourth-order valence-electron chi connectivity index (χ4n) is 3.55. The summed E-state index contributed by atoms with van der Waals surface area (Å²) >= 11 is 1.24. The summed E-state index contributed by atoms with van der Waals surface area (Å²) < 4.78 is 0. The number of nitrogens with zero attached hydrogens (tertiary/aromatic N) is 2. The fraction of sp³-hybridized carbons (Fsp3) is 0.286. The van der Waals surface area contributed by atoms with Crippen LogP contribution in [-0.2, 0) is 4.84 Å². The van der Waals surface area contributed by atoms with Crippen molar-refractivity contribution >= 4 is 39.2 Å². The van der Waals surface area contributed by atoms with Crippen LogP contribution in [0.5, 0.6) is 0 Å². The Labute approximate surface area is 172 Å². The van der Waals surface area contributed by atoms with Crippen molar-refractivity contribution in [3.63, 3.8) is 0 Å². The van der Waals surface area contributed by atoms with Gasteiger partial charge in [0.15, 0.2) is 0 Å². The number of anilines is 3. The van der Waals surface area contributed by atoms with Crippen LogP contribution in [0.1, 0.15) is 46.5 Å². The van der Waals surface area contributed by atoms with E-state index in [0.29, 0.717) is 38.5 Å². The third-order valence-electron chi connectivity index (χ3n) is 5.15. The number of benzene rings is 1. The lowest BCUT2D eigenvalue weighted by molar-refractivity contribution is 0.0987. The van der Waals surface area contributed by atoms with Crippen LogP contribution in [0.3, 0.4) is 0 Å². The van der Waals surface area contributed by atoms with E-state index in [1.165, 1.54) is 24.2 Å². The van der Waals surface area contributed by atoms with Crippen LogP contribution < -0.4 is 16.8 Å². The second kappa shape index (κ2) is 7.97. The predicted molar refractivity (Wildman–Crippen MR) is 115 cm³/mol. The smallest absolute Gasteiger partial charge is 0.204 e. The molecule has 5 N–H and O–H groups in total. The highest BCUT2D eigenvalue weighted by molar-refractivity contribution is 7.19. The number of ketones is 1. The normalized spacial score (nSPS) is 16.5. The van der Waals surface area contributed by atoms with Crippen LogP contribution in [0.4, 0.5) is 16.4 Å². The van der Waals surface area contributed by atoms with Gasteiger partial charge in [0.05, 0.1) is 5.69 Å². The number of hydrogen-bond acceptors (Lipinski definition) is 8. The number of nitrogens with one attached hydrogen (secondary N) is 1. The first-order valence-corrected chi connectivity index (χ1v) is 10.3. The number of rotatable bonds is 5. The molecule has 29 heavy (non-hydrogen) atoms. The molecule has 0 unspecified atom stereocenters. The minimum absolute atomic E-state index is 0.0575. The van der Waals surface area contributed by atoms with Crippen molar-refractivity contribution in [2.45, 2.75) is 31.7 Å². The summed E-state index contributed by atoms with van der Waals surface area (Å²) in [5.74, 6) is -0.244. The zero-order valence-corrected chi connectivity index (χ0v) is 16.6. The van der Waals surface area contributed by atoms with Crippen LogP contribution >= 0.6 is 11.3 Å². The van der Waals surface area contributed by atoms with Gasteiger partial charge in [0.25, 0.3) is 0 Å². The van der Waals surface area contributed by atoms with E-state index in [-0.39, 0.29) is 18.1 Å². The van der Waals surface area contributed by atoms with Gasteiger partial charge in [0, 0.05) is 22.9 Å². The number of thiophene rings is 1. The maximum atomic E-state index is 13.1. The maximum Gasteiger partial charge on any atom is 0.204 e. The topological polar surface area (TPSA) is 127 Å². The summed E-state index contributed by atoms with van der Waals surface area (Å²) in [6.45, 7) is 0.0575. The van der Waals surface area contributed by atoms with Gasteiger partial charge >= 0.3 is 0 Å². The summed E-state index contributed by atoms with van der Waals surface area (Å²) in [5.41, 5.74) is 14.9. The number of carbonyl (C=O) groups is 1. The lowest BCUT2D eigenvalue weighted by Crippen LogP contribution is -2.16. The molecule has 0 saturated heterocycles. The summed E-state index contributed by atoms with van der Waals surface area (Å²) in [6.07, 6.45) is 6.17. The highest BCUT2D eigenvalue weighted by atomic mass is 32.1. The van der Waals surface area contributed by atoms with Crippen LogP contribution in [0.25, 0.3) is 0 Å². The summed E-state index contributed by atoms with van der Waals surface area (Å²) in [4.78, 5) is 18.8. The Morgan fingerprint density at radius 2 is 1.97 bits per heavy atom.